The number of esters is 2. The SMILES string of the molecule is CCOC(=O)C(C)(N)COS(=O)(=O)CCCS(=O)(=O)OCC(C)(N)C(=O)OCC. The molecule has 2 unspecified atom stereocenters. The molecule has 0 saturated heterocycles. The third kappa shape index (κ3) is 10.9. The Kier molecular flexibility index (Phi) is 10.7. The van der Waals surface area contributed by atoms with Gasteiger partial charge in [-0.2, -0.15) is 16.8 Å². The highest BCUT2D eigenvalue weighted by atomic mass is 32.2. The first-order chi connectivity index (χ1) is 13.1. The van der Waals surface area contributed by atoms with Crippen molar-refractivity contribution in [2.75, 3.05) is 37.9 Å². The second-order valence-corrected chi connectivity index (χ2v) is 10.2. The highest BCUT2D eigenvalue weighted by Crippen LogP contribution is 2.10. The maximum absolute atomic E-state index is 11.9. The zero-order valence-electron chi connectivity index (χ0n) is 17.0. The van der Waals surface area contributed by atoms with Crippen molar-refractivity contribution >= 4 is 32.2 Å². The molecule has 0 spiro atoms. The number of rotatable bonds is 14. The average Bonchev–Trinajstić information content (AvgIpc) is 2.59. The maximum Gasteiger partial charge on any atom is 0.328 e. The molecule has 0 aliphatic carbocycles. The van der Waals surface area contributed by atoms with E-state index in [4.69, 9.17) is 20.9 Å². The number of hydrogen-bond donors (Lipinski definition) is 2. The predicted molar refractivity (Wildman–Crippen MR) is 103 cm³/mol. The van der Waals surface area contributed by atoms with Gasteiger partial charge in [-0.1, -0.05) is 0 Å². The Bertz CT molecular complexity index is 696. The standard InChI is InChI=1S/C15H30N2O10S2/c1-5-24-12(18)14(3,16)10-26-28(20,21)8-7-9-29(22,23)27-11-15(4,17)13(19)25-6-2/h5-11,16-17H2,1-4H3. The van der Waals surface area contributed by atoms with Gasteiger partial charge in [0.15, 0.2) is 0 Å². The monoisotopic (exact) mass is 462 g/mol. The minimum atomic E-state index is -4.16. The van der Waals surface area contributed by atoms with Crippen molar-refractivity contribution in [1.82, 2.24) is 0 Å². The van der Waals surface area contributed by atoms with Crippen LogP contribution in [0.2, 0.25) is 0 Å². The van der Waals surface area contributed by atoms with Crippen LogP contribution in [0, 0.1) is 0 Å². The van der Waals surface area contributed by atoms with Crippen LogP contribution in [0.15, 0.2) is 0 Å². The van der Waals surface area contributed by atoms with E-state index in [0.717, 1.165) is 0 Å². The van der Waals surface area contributed by atoms with E-state index in [2.05, 4.69) is 8.37 Å². The lowest BCUT2D eigenvalue weighted by Crippen LogP contribution is -2.50. The van der Waals surface area contributed by atoms with Crippen LogP contribution in [0.4, 0.5) is 0 Å². The average molecular weight is 463 g/mol. The number of carbonyl (C=O) groups excluding carboxylic acids is 2. The van der Waals surface area contributed by atoms with Crippen molar-refractivity contribution < 1.29 is 44.3 Å². The molecule has 14 heteroatoms. The molecule has 0 amide bonds. The maximum atomic E-state index is 11.9. The Morgan fingerprint density at radius 1 is 0.759 bits per heavy atom. The molecule has 2 atom stereocenters. The molecule has 0 heterocycles. The first kappa shape index (κ1) is 27.7. The van der Waals surface area contributed by atoms with Gasteiger partial charge in [0.2, 0.25) is 0 Å². The number of nitrogens with two attached hydrogens (primary N) is 2. The molecule has 0 fully saturated rings. The van der Waals surface area contributed by atoms with E-state index >= 15 is 0 Å². The minimum absolute atomic E-state index is 0.0637. The van der Waals surface area contributed by atoms with E-state index in [9.17, 15) is 26.4 Å². The van der Waals surface area contributed by atoms with Gasteiger partial charge in [0.05, 0.1) is 37.9 Å². The number of ether oxygens (including phenoxy) is 2. The van der Waals surface area contributed by atoms with E-state index < -0.39 is 68.0 Å². The highest BCUT2D eigenvalue weighted by Gasteiger charge is 2.34. The van der Waals surface area contributed by atoms with E-state index in [1.165, 1.54) is 13.8 Å². The molecule has 29 heavy (non-hydrogen) atoms. The zero-order chi connectivity index (χ0) is 22.9. The van der Waals surface area contributed by atoms with E-state index in [-0.39, 0.29) is 19.6 Å². The van der Waals surface area contributed by atoms with E-state index in [1.807, 2.05) is 0 Å². The molecule has 0 bridgehead atoms. The largest absolute Gasteiger partial charge is 0.465 e. The minimum Gasteiger partial charge on any atom is -0.465 e. The van der Waals surface area contributed by atoms with E-state index in [1.54, 1.807) is 13.8 Å². The van der Waals surface area contributed by atoms with Gasteiger partial charge in [-0.05, 0) is 34.1 Å². The van der Waals surface area contributed by atoms with Gasteiger partial charge in [-0.25, -0.2) is 9.59 Å². The topological polar surface area (TPSA) is 191 Å². The summed E-state index contributed by atoms with van der Waals surface area (Å²) in [5.74, 6) is -2.99. The second kappa shape index (κ2) is 11.2. The molecule has 0 saturated carbocycles. The summed E-state index contributed by atoms with van der Waals surface area (Å²) in [5.41, 5.74) is 7.93. The molecule has 0 aromatic carbocycles. The van der Waals surface area contributed by atoms with Gasteiger partial charge >= 0.3 is 11.9 Å². The summed E-state index contributed by atoms with van der Waals surface area (Å²) < 4.78 is 66.3. The van der Waals surface area contributed by atoms with Crippen LogP contribution in [0.3, 0.4) is 0 Å². The Balaban J connectivity index is 4.57. The lowest BCUT2D eigenvalue weighted by atomic mass is 10.1. The van der Waals surface area contributed by atoms with Crippen LogP contribution in [-0.4, -0.2) is 77.8 Å². The quantitative estimate of drug-likeness (QED) is 0.228. The first-order valence-electron chi connectivity index (χ1n) is 8.75. The van der Waals surface area contributed by atoms with Crippen molar-refractivity contribution in [3.8, 4) is 0 Å². The molecule has 0 aromatic rings. The molecule has 0 aliphatic rings. The normalized spacial score (nSPS) is 16.5. The summed E-state index contributed by atoms with van der Waals surface area (Å²) in [6, 6.07) is 0. The van der Waals surface area contributed by atoms with Crippen molar-refractivity contribution in [3.05, 3.63) is 0 Å². The van der Waals surface area contributed by atoms with Crippen LogP contribution in [0.25, 0.3) is 0 Å². The van der Waals surface area contributed by atoms with Gasteiger partial charge in [-0.15, -0.1) is 0 Å². The molecule has 4 N–H and O–H groups in total. The van der Waals surface area contributed by atoms with Crippen LogP contribution in [0.1, 0.15) is 34.1 Å². The van der Waals surface area contributed by atoms with Crippen LogP contribution in [-0.2, 0) is 47.7 Å². The van der Waals surface area contributed by atoms with Crippen molar-refractivity contribution in [1.29, 1.82) is 0 Å². The second-order valence-electron chi connectivity index (χ2n) is 6.68. The number of carbonyl (C=O) groups is 2. The lowest BCUT2D eigenvalue weighted by molar-refractivity contribution is -0.150. The molecule has 0 rings (SSSR count). The molecule has 12 nitrogen and oxygen atoms in total. The Morgan fingerprint density at radius 2 is 1.07 bits per heavy atom. The van der Waals surface area contributed by atoms with Crippen LogP contribution >= 0.6 is 0 Å². The number of hydrogen-bond acceptors (Lipinski definition) is 12. The summed E-state index contributed by atoms with van der Waals surface area (Å²) >= 11 is 0. The van der Waals surface area contributed by atoms with Gasteiger partial charge in [-0.3, -0.25) is 8.37 Å². The third-order valence-corrected chi connectivity index (χ3v) is 5.88. The van der Waals surface area contributed by atoms with Crippen molar-refractivity contribution in [2.24, 2.45) is 11.5 Å². The van der Waals surface area contributed by atoms with Crippen LogP contribution < -0.4 is 11.5 Å². The highest BCUT2D eigenvalue weighted by molar-refractivity contribution is 7.87. The molecule has 0 aromatic heterocycles. The smallest absolute Gasteiger partial charge is 0.328 e. The lowest BCUT2D eigenvalue weighted by Gasteiger charge is -2.22. The van der Waals surface area contributed by atoms with Gasteiger partial charge in [0.1, 0.15) is 11.1 Å². The molecular formula is C15H30N2O10S2. The van der Waals surface area contributed by atoms with Gasteiger partial charge in [0, 0.05) is 0 Å². The molecular weight excluding hydrogens is 432 g/mol. The Morgan fingerprint density at radius 3 is 1.34 bits per heavy atom. The van der Waals surface area contributed by atoms with Crippen LogP contribution in [0.5, 0.6) is 0 Å². The fraction of sp³-hybridized carbons (Fsp3) is 0.867. The summed E-state index contributed by atoms with van der Waals surface area (Å²) in [6.45, 7) is 4.41. The first-order valence-corrected chi connectivity index (χ1v) is 11.9. The third-order valence-electron chi connectivity index (χ3n) is 3.35. The predicted octanol–water partition coefficient (Wildman–Crippen LogP) is -1.37. The van der Waals surface area contributed by atoms with Gasteiger partial charge < -0.3 is 20.9 Å². The molecule has 0 radical (unpaired) electrons. The fourth-order valence-corrected chi connectivity index (χ4v) is 3.93. The summed E-state index contributed by atoms with van der Waals surface area (Å²) in [5, 5.41) is 0. The molecule has 0 aliphatic heterocycles. The summed E-state index contributed by atoms with van der Waals surface area (Å²) in [4.78, 5) is 23.2. The Labute approximate surface area is 171 Å². The van der Waals surface area contributed by atoms with Gasteiger partial charge in [0.25, 0.3) is 20.2 Å². The summed E-state index contributed by atoms with van der Waals surface area (Å²) in [6.07, 6.45) is -0.355. The Hall–Kier alpha value is -1.32. The zero-order valence-corrected chi connectivity index (χ0v) is 18.6. The van der Waals surface area contributed by atoms with E-state index in [0.29, 0.717) is 0 Å². The fourth-order valence-electron chi connectivity index (χ4n) is 1.66. The van der Waals surface area contributed by atoms with Crippen molar-refractivity contribution in [3.63, 3.8) is 0 Å². The summed E-state index contributed by atoms with van der Waals surface area (Å²) in [7, 11) is -8.31. The molecule has 172 valence electrons. The van der Waals surface area contributed by atoms with Crippen molar-refractivity contribution in [2.45, 2.75) is 45.2 Å².